The van der Waals surface area contributed by atoms with Crippen molar-refractivity contribution in [3.8, 4) is 74.6 Å². The molecule has 0 aliphatic carbocycles. The lowest BCUT2D eigenvalue weighted by atomic mass is 10.1. The lowest BCUT2D eigenvalue weighted by Gasteiger charge is -2.13. The summed E-state index contributed by atoms with van der Waals surface area (Å²) in [5, 5.41) is 0. The van der Waals surface area contributed by atoms with Crippen LogP contribution in [0.5, 0.6) is 17.2 Å². The van der Waals surface area contributed by atoms with Crippen molar-refractivity contribution in [1.29, 1.82) is 0 Å². The molecule has 5 heterocycles. The second kappa shape index (κ2) is 49.4. The van der Waals surface area contributed by atoms with Gasteiger partial charge >= 0.3 is 29.8 Å². The molecule has 0 spiro atoms. The van der Waals surface area contributed by atoms with Gasteiger partial charge in [-0.25, -0.2) is 48.9 Å². The molecule has 614 valence electrons. The van der Waals surface area contributed by atoms with Crippen LogP contribution in [-0.4, -0.2) is 100 Å². The number of terminal acetylenes is 1. The Morgan fingerprint density at radius 2 is 0.711 bits per heavy atom. The minimum atomic E-state index is -0.564. The van der Waals surface area contributed by atoms with Crippen molar-refractivity contribution in [3.05, 3.63) is 377 Å². The molecule has 0 N–H and O–H groups in total. The van der Waals surface area contributed by atoms with E-state index in [1.807, 2.05) is 315 Å². The highest BCUT2D eigenvalue weighted by atomic mass is 16.6. The summed E-state index contributed by atoms with van der Waals surface area (Å²) in [4.78, 5) is 82.6. The highest BCUT2D eigenvalue weighted by Gasteiger charge is 2.19. The van der Waals surface area contributed by atoms with Crippen LogP contribution in [0.25, 0.3) is 63.3 Å². The zero-order chi connectivity index (χ0) is 85.8. The highest BCUT2D eigenvalue weighted by Crippen LogP contribution is 2.27. The van der Waals surface area contributed by atoms with E-state index in [-0.39, 0.29) is 30.2 Å². The molecule has 0 saturated heterocycles. The molecule has 0 fully saturated rings. The van der Waals surface area contributed by atoms with Gasteiger partial charge in [0.15, 0.2) is 6.10 Å². The standard InChI is InChI=1S/C23H21NO3.2C22H21NO3.C19H19NO2.C17H17NO2/c1-2-26-20-15-13-19(14-16-20)21-11-6-12-22(24-21)23(25)27-17-7-10-18-8-4-3-5-9-18;1-3-25-19-14-12-18(13-15-19)20-10-7-11-21(23-20)22(24)26-16(2)17-8-5-4-6-9-17;1-2-25-19-13-11-18(12-14-19)20-9-6-10-21(23-20)22(24)26-16-15-17-7-4-3-5-8-17;1-4-7-15-10-12-16(13-11-15)17-8-6-9-18(20-17)19(21)22-14(3)5-2;1-13(2)20-17(19)16-10-6-9-15(18-16)12-11-14-7-4-3-5-8-14/h3-16H,2,17H2,1H3;4-16H,3H2,1-2H3;3-14H,2,15-16H2,1H3;2,6,8-14H,4,7H2,1,3H3;3-13H,1-2H3/b10-7+;;;;12-11+. The fraction of sp³-hybridized carbons (Fsp3) is 0.184. The molecule has 0 aliphatic rings. The number of carbonyl (C=O) groups excluding carboxylic acids is 5. The average molecular weight is 1610 g/mol. The van der Waals surface area contributed by atoms with Gasteiger partial charge in [-0.2, -0.15) is 0 Å². The van der Waals surface area contributed by atoms with Gasteiger partial charge in [0.25, 0.3) is 0 Å². The smallest absolute Gasteiger partial charge is 0.358 e. The van der Waals surface area contributed by atoms with Gasteiger partial charge in [-0.1, -0.05) is 207 Å². The third-order valence-corrected chi connectivity index (χ3v) is 17.5. The largest absolute Gasteiger partial charge is 0.494 e. The molecule has 2 unspecified atom stereocenters. The number of aromatic nitrogens is 5. The number of aryl methyl sites for hydroxylation is 1. The van der Waals surface area contributed by atoms with Gasteiger partial charge in [0.05, 0.1) is 61.0 Å². The third kappa shape index (κ3) is 30.7. The quantitative estimate of drug-likeness (QED) is 0.0241. The molecule has 13 aromatic rings. The van der Waals surface area contributed by atoms with Gasteiger partial charge in [-0.3, -0.25) is 0 Å². The maximum Gasteiger partial charge on any atom is 0.358 e. The summed E-state index contributed by atoms with van der Waals surface area (Å²) in [6.07, 6.45) is 14.6. The number of hydrogen-bond acceptors (Lipinski definition) is 18. The molecular weight excluding hydrogens is 1520 g/mol. The molecule has 0 bridgehead atoms. The van der Waals surface area contributed by atoms with Crippen LogP contribution in [0, 0.1) is 12.3 Å². The van der Waals surface area contributed by atoms with Crippen molar-refractivity contribution in [2.45, 2.75) is 93.0 Å². The Labute approximate surface area is 709 Å². The topological polar surface area (TPSA) is 224 Å². The predicted molar refractivity (Wildman–Crippen MR) is 477 cm³/mol. The number of esters is 5. The number of carbonyl (C=O) groups is 5. The molecule has 0 aliphatic heterocycles. The van der Waals surface area contributed by atoms with Crippen LogP contribution < -0.4 is 14.2 Å². The Morgan fingerprint density at radius 3 is 1.13 bits per heavy atom. The van der Waals surface area contributed by atoms with Crippen molar-refractivity contribution in [1.82, 2.24) is 24.9 Å². The summed E-state index contributed by atoms with van der Waals surface area (Å²) in [6.45, 7) is 17.5. The molecular formula is C103H99N5O13. The lowest BCUT2D eigenvalue weighted by Crippen LogP contribution is -2.14. The van der Waals surface area contributed by atoms with Crippen molar-refractivity contribution in [3.63, 3.8) is 0 Å². The summed E-state index contributed by atoms with van der Waals surface area (Å²) in [7, 11) is 0. The first-order valence-electron chi connectivity index (χ1n) is 40.1. The summed E-state index contributed by atoms with van der Waals surface area (Å²) < 4.78 is 42.7. The van der Waals surface area contributed by atoms with E-state index in [0.717, 1.165) is 97.4 Å². The lowest BCUT2D eigenvalue weighted by molar-refractivity contribution is 0.0327. The van der Waals surface area contributed by atoms with Gasteiger partial charge in [0.1, 0.15) is 58.4 Å². The number of pyridine rings is 5. The van der Waals surface area contributed by atoms with Crippen LogP contribution in [0.1, 0.15) is 154 Å². The molecule has 18 heteroatoms. The zero-order valence-corrected chi connectivity index (χ0v) is 69.3. The number of benzene rings is 8. The van der Waals surface area contributed by atoms with E-state index >= 15 is 0 Å². The summed E-state index contributed by atoms with van der Waals surface area (Å²) in [6, 6.07) is 97.1. The molecule has 121 heavy (non-hydrogen) atoms. The number of hydrogen-bond donors (Lipinski definition) is 0. The van der Waals surface area contributed by atoms with E-state index in [0.29, 0.717) is 55.6 Å². The summed E-state index contributed by atoms with van der Waals surface area (Å²) in [5.41, 5.74) is 14.4. The van der Waals surface area contributed by atoms with Crippen LogP contribution in [0.3, 0.4) is 0 Å². The van der Waals surface area contributed by atoms with Gasteiger partial charge in [0, 0.05) is 28.7 Å². The molecule has 0 saturated carbocycles. The molecule has 13 rings (SSSR count). The van der Waals surface area contributed by atoms with Gasteiger partial charge < -0.3 is 37.9 Å². The Morgan fingerprint density at radius 1 is 0.347 bits per heavy atom. The number of rotatable bonds is 29. The Bertz CT molecular complexity index is 5470. The van der Waals surface area contributed by atoms with Crippen molar-refractivity contribution in [2.75, 3.05) is 33.0 Å². The molecule has 18 nitrogen and oxygen atoms in total. The molecule has 8 aromatic carbocycles. The Hall–Kier alpha value is -14.7. The fourth-order valence-corrected chi connectivity index (χ4v) is 11.5. The van der Waals surface area contributed by atoms with E-state index in [1.165, 1.54) is 5.56 Å². The first kappa shape index (κ1) is 90.2. The maximum absolute atomic E-state index is 12.4. The van der Waals surface area contributed by atoms with Crippen LogP contribution in [0.2, 0.25) is 0 Å². The van der Waals surface area contributed by atoms with E-state index in [2.05, 4.69) is 49.9 Å². The first-order chi connectivity index (χ1) is 59.0. The van der Waals surface area contributed by atoms with Crippen LogP contribution >= 0.6 is 0 Å². The SMILES string of the molecule is C#CC(C)OC(=O)c1cccc(-c2ccc(CCC)cc2)n1.CC(C)OC(=O)c1cccc(/C=C/c2ccccc2)n1.CCOc1ccc(-c2cccc(C(=O)OC(C)c3ccccc3)n2)cc1.CCOc1ccc(-c2cccc(C(=O)OC/C=C/c3ccccc3)n2)cc1.CCOc1ccc(-c2cccc(C(=O)OCCc3ccccc3)n2)cc1. The molecule has 2 atom stereocenters. The zero-order valence-electron chi connectivity index (χ0n) is 69.3. The van der Waals surface area contributed by atoms with E-state index in [9.17, 15) is 24.0 Å². The maximum atomic E-state index is 12.4. The second-order valence-electron chi connectivity index (χ2n) is 27.1. The monoisotopic (exact) mass is 1610 g/mol. The summed E-state index contributed by atoms with van der Waals surface area (Å²) >= 11 is 0. The van der Waals surface area contributed by atoms with Crippen molar-refractivity contribution in [2.24, 2.45) is 0 Å². The van der Waals surface area contributed by atoms with E-state index < -0.39 is 36.0 Å². The van der Waals surface area contributed by atoms with Crippen LogP contribution in [0.4, 0.5) is 0 Å². The Kier molecular flexibility index (Phi) is 36.8. The minimum absolute atomic E-state index is 0.146. The average Bonchev–Trinajstić information content (AvgIpc) is 0.837. The van der Waals surface area contributed by atoms with E-state index in [4.69, 9.17) is 44.3 Å². The molecule has 0 amide bonds. The normalized spacial score (nSPS) is 11.0. The third-order valence-electron chi connectivity index (χ3n) is 17.5. The van der Waals surface area contributed by atoms with Gasteiger partial charge in [-0.15, -0.1) is 6.42 Å². The number of ether oxygens (including phenoxy) is 8. The minimum Gasteiger partial charge on any atom is -0.494 e. The van der Waals surface area contributed by atoms with Gasteiger partial charge in [-0.05, 0) is 228 Å². The number of nitrogens with zero attached hydrogens (tertiary/aromatic N) is 5. The molecule has 0 radical (unpaired) electrons. The predicted octanol–water partition coefficient (Wildman–Crippen LogP) is 22.3. The fourth-order valence-electron chi connectivity index (χ4n) is 11.5. The van der Waals surface area contributed by atoms with Crippen LogP contribution in [0.15, 0.2) is 315 Å². The van der Waals surface area contributed by atoms with Crippen molar-refractivity contribution < 1.29 is 61.9 Å². The van der Waals surface area contributed by atoms with Gasteiger partial charge in [0.2, 0.25) is 0 Å². The first-order valence-corrected chi connectivity index (χ1v) is 40.1. The van der Waals surface area contributed by atoms with E-state index in [1.54, 1.807) is 55.5 Å². The Balaban J connectivity index is 0.000000173. The second-order valence-corrected chi connectivity index (χ2v) is 27.1. The van der Waals surface area contributed by atoms with Crippen molar-refractivity contribution >= 4 is 48.1 Å². The highest BCUT2D eigenvalue weighted by molar-refractivity contribution is 5.91. The molecule has 5 aromatic heterocycles. The summed E-state index contributed by atoms with van der Waals surface area (Å²) in [5.74, 6) is 2.60. The van der Waals surface area contributed by atoms with Crippen LogP contribution in [-0.2, 0) is 36.5 Å².